The summed E-state index contributed by atoms with van der Waals surface area (Å²) in [6, 6.07) is 11.0. The highest BCUT2D eigenvalue weighted by atomic mass is 16.6. The van der Waals surface area contributed by atoms with Crippen molar-refractivity contribution in [3.8, 4) is 11.4 Å². The Morgan fingerprint density at radius 2 is 2.09 bits per heavy atom. The van der Waals surface area contributed by atoms with Gasteiger partial charge in [-0.3, -0.25) is 14.9 Å². The molecular weight excluding hydrogens is 286 g/mol. The largest absolute Gasteiger partial charge is 0.388 e. The number of carbonyl (C=O) groups excluding carboxylic acids is 1. The quantitative estimate of drug-likeness (QED) is 0.436. The number of aliphatic hydroxyl groups is 1. The molecule has 2 N–H and O–H groups in total. The summed E-state index contributed by atoms with van der Waals surface area (Å²) in [7, 11) is 0. The van der Waals surface area contributed by atoms with E-state index in [0.717, 1.165) is 0 Å². The molecule has 0 saturated carbocycles. The number of aliphatic hydroxyl groups excluding tert-OH is 1. The number of H-pyrrole nitrogens is 1. The first-order valence-electron chi connectivity index (χ1n) is 6.47. The number of ketones is 1. The van der Waals surface area contributed by atoms with Gasteiger partial charge in [0.2, 0.25) is 0 Å². The van der Waals surface area contributed by atoms with E-state index in [-0.39, 0.29) is 11.5 Å². The monoisotopic (exact) mass is 297 g/mol. The number of benzene rings is 2. The summed E-state index contributed by atoms with van der Waals surface area (Å²) in [5.41, 5.74) is 2.20. The highest BCUT2D eigenvalue weighted by Crippen LogP contribution is 2.24. The fourth-order valence-corrected chi connectivity index (χ4v) is 2.18. The number of rotatable bonds is 4. The Kier molecular flexibility index (Phi) is 3.40. The average Bonchev–Trinajstić information content (AvgIpc) is 2.97. The zero-order valence-corrected chi connectivity index (χ0v) is 11.3. The lowest BCUT2D eigenvalue weighted by Crippen LogP contribution is -2.03. The van der Waals surface area contributed by atoms with Gasteiger partial charge in [-0.2, -0.15) is 0 Å². The number of nitro groups is 1. The predicted molar refractivity (Wildman–Crippen MR) is 79.6 cm³/mol. The third kappa shape index (κ3) is 2.45. The van der Waals surface area contributed by atoms with Crippen molar-refractivity contribution < 1.29 is 14.8 Å². The SMILES string of the molecule is O=C(CO)c1ccc2nc(-c3cccc([N+](=O)[O-])c3)[nH]c2c1. The Bertz CT molecular complexity index is 885. The van der Waals surface area contributed by atoms with Crippen molar-refractivity contribution in [2.24, 2.45) is 0 Å². The molecule has 0 amide bonds. The minimum Gasteiger partial charge on any atom is -0.388 e. The highest BCUT2D eigenvalue weighted by Gasteiger charge is 2.12. The summed E-state index contributed by atoms with van der Waals surface area (Å²) in [5.74, 6) is 0.0979. The van der Waals surface area contributed by atoms with Crippen molar-refractivity contribution >= 4 is 22.5 Å². The number of hydrogen-bond acceptors (Lipinski definition) is 5. The second-order valence-corrected chi connectivity index (χ2v) is 4.71. The Balaban J connectivity index is 2.07. The fraction of sp³-hybridized carbons (Fsp3) is 0.0667. The molecule has 0 fully saturated rings. The minimum atomic E-state index is -0.558. The van der Waals surface area contributed by atoms with Gasteiger partial charge in [0, 0.05) is 23.3 Å². The zero-order chi connectivity index (χ0) is 15.7. The second kappa shape index (κ2) is 5.38. The number of fused-ring (bicyclic) bond motifs is 1. The first kappa shape index (κ1) is 13.9. The maximum atomic E-state index is 11.5. The van der Waals surface area contributed by atoms with Crippen LogP contribution in [0.4, 0.5) is 5.69 Å². The molecule has 7 nitrogen and oxygen atoms in total. The van der Waals surface area contributed by atoms with Gasteiger partial charge in [0.15, 0.2) is 5.78 Å². The number of aromatic nitrogens is 2. The third-order valence-electron chi connectivity index (χ3n) is 3.28. The van der Waals surface area contributed by atoms with Crippen LogP contribution in [0.25, 0.3) is 22.4 Å². The Morgan fingerprint density at radius 1 is 1.27 bits per heavy atom. The number of nitrogens with one attached hydrogen (secondary N) is 1. The maximum Gasteiger partial charge on any atom is 0.270 e. The summed E-state index contributed by atoms with van der Waals surface area (Å²) < 4.78 is 0. The predicted octanol–water partition coefficient (Wildman–Crippen LogP) is 2.31. The molecule has 7 heteroatoms. The van der Waals surface area contributed by atoms with Crippen LogP contribution < -0.4 is 0 Å². The summed E-state index contributed by atoms with van der Waals surface area (Å²) >= 11 is 0. The molecule has 0 unspecified atom stereocenters. The maximum absolute atomic E-state index is 11.5. The average molecular weight is 297 g/mol. The van der Waals surface area contributed by atoms with E-state index in [1.54, 1.807) is 30.3 Å². The molecule has 3 rings (SSSR count). The Morgan fingerprint density at radius 3 is 2.82 bits per heavy atom. The van der Waals surface area contributed by atoms with E-state index in [9.17, 15) is 14.9 Å². The van der Waals surface area contributed by atoms with Gasteiger partial charge >= 0.3 is 0 Å². The van der Waals surface area contributed by atoms with E-state index in [1.807, 2.05) is 0 Å². The number of nitrogens with zero attached hydrogens (tertiary/aromatic N) is 2. The molecule has 0 radical (unpaired) electrons. The van der Waals surface area contributed by atoms with Gasteiger partial charge in [-0.25, -0.2) is 4.98 Å². The lowest BCUT2D eigenvalue weighted by molar-refractivity contribution is -0.384. The zero-order valence-electron chi connectivity index (χ0n) is 11.3. The van der Waals surface area contributed by atoms with E-state index in [1.165, 1.54) is 12.1 Å². The molecule has 0 aliphatic carbocycles. The van der Waals surface area contributed by atoms with Crippen LogP contribution in [0.5, 0.6) is 0 Å². The number of aromatic amines is 1. The molecule has 0 atom stereocenters. The van der Waals surface area contributed by atoms with Crippen LogP contribution in [-0.4, -0.2) is 32.4 Å². The summed E-state index contributed by atoms with van der Waals surface area (Å²) in [4.78, 5) is 29.2. The van der Waals surface area contributed by atoms with E-state index in [2.05, 4.69) is 9.97 Å². The molecule has 1 heterocycles. The van der Waals surface area contributed by atoms with Crippen LogP contribution in [0.3, 0.4) is 0 Å². The number of imidazole rings is 1. The standard InChI is InChI=1S/C15H11N3O4/c19-8-14(20)9-4-5-12-13(7-9)17-15(16-12)10-2-1-3-11(6-10)18(21)22/h1-7,19H,8H2,(H,16,17). The van der Waals surface area contributed by atoms with E-state index in [0.29, 0.717) is 28.0 Å². The van der Waals surface area contributed by atoms with Crippen molar-refractivity contribution in [2.75, 3.05) is 6.61 Å². The van der Waals surface area contributed by atoms with E-state index >= 15 is 0 Å². The van der Waals surface area contributed by atoms with Crippen molar-refractivity contribution in [1.82, 2.24) is 9.97 Å². The lowest BCUT2D eigenvalue weighted by Gasteiger charge is -1.96. The van der Waals surface area contributed by atoms with Crippen LogP contribution >= 0.6 is 0 Å². The van der Waals surface area contributed by atoms with Gasteiger partial charge in [0.1, 0.15) is 12.4 Å². The molecule has 0 saturated heterocycles. The fourth-order valence-electron chi connectivity index (χ4n) is 2.18. The van der Waals surface area contributed by atoms with E-state index < -0.39 is 11.5 Å². The van der Waals surface area contributed by atoms with Crippen molar-refractivity contribution in [2.45, 2.75) is 0 Å². The number of non-ortho nitro benzene ring substituents is 1. The normalized spacial score (nSPS) is 10.8. The van der Waals surface area contributed by atoms with Crippen LogP contribution in [0.1, 0.15) is 10.4 Å². The van der Waals surface area contributed by atoms with Crippen LogP contribution in [0.2, 0.25) is 0 Å². The molecule has 1 aromatic heterocycles. The molecule has 0 bridgehead atoms. The molecule has 3 aromatic rings. The van der Waals surface area contributed by atoms with Gasteiger partial charge in [-0.05, 0) is 18.2 Å². The lowest BCUT2D eigenvalue weighted by atomic mass is 10.1. The molecule has 0 aliphatic rings. The first-order valence-corrected chi connectivity index (χ1v) is 6.47. The molecular formula is C15H11N3O4. The Labute approximate surface area is 124 Å². The summed E-state index contributed by atoms with van der Waals surface area (Å²) in [6.07, 6.45) is 0. The first-order chi connectivity index (χ1) is 10.6. The summed E-state index contributed by atoms with van der Waals surface area (Å²) in [6.45, 7) is -0.558. The third-order valence-corrected chi connectivity index (χ3v) is 3.28. The number of hydrogen-bond donors (Lipinski definition) is 2. The highest BCUT2D eigenvalue weighted by molar-refractivity contribution is 5.99. The molecule has 0 aliphatic heterocycles. The minimum absolute atomic E-state index is 0.0193. The number of Topliss-reactive ketones (excluding diaryl/α,β-unsaturated/α-hetero) is 1. The molecule has 2 aromatic carbocycles. The Hall–Kier alpha value is -3.06. The van der Waals surface area contributed by atoms with Crippen LogP contribution in [-0.2, 0) is 0 Å². The van der Waals surface area contributed by atoms with Gasteiger partial charge < -0.3 is 10.1 Å². The van der Waals surface area contributed by atoms with Crippen molar-refractivity contribution in [3.63, 3.8) is 0 Å². The van der Waals surface area contributed by atoms with Crippen LogP contribution in [0.15, 0.2) is 42.5 Å². The van der Waals surface area contributed by atoms with Gasteiger partial charge in [-0.1, -0.05) is 12.1 Å². The summed E-state index contributed by atoms with van der Waals surface area (Å²) in [5, 5.41) is 19.7. The van der Waals surface area contributed by atoms with Gasteiger partial charge in [0.05, 0.1) is 16.0 Å². The van der Waals surface area contributed by atoms with Crippen LogP contribution in [0, 0.1) is 10.1 Å². The molecule has 110 valence electrons. The van der Waals surface area contributed by atoms with E-state index in [4.69, 9.17) is 5.11 Å². The number of nitro benzene ring substituents is 1. The van der Waals surface area contributed by atoms with Gasteiger partial charge in [-0.15, -0.1) is 0 Å². The van der Waals surface area contributed by atoms with Gasteiger partial charge in [0.25, 0.3) is 5.69 Å². The van der Waals surface area contributed by atoms with Crippen molar-refractivity contribution in [3.05, 3.63) is 58.1 Å². The number of carbonyl (C=O) groups is 1. The second-order valence-electron chi connectivity index (χ2n) is 4.71. The topological polar surface area (TPSA) is 109 Å². The van der Waals surface area contributed by atoms with Crippen molar-refractivity contribution in [1.29, 1.82) is 0 Å². The smallest absolute Gasteiger partial charge is 0.270 e. The molecule has 22 heavy (non-hydrogen) atoms. The molecule has 0 spiro atoms.